The van der Waals surface area contributed by atoms with Gasteiger partial charge in [0.1, 0.15) is 5.75 Å². The Morgan fingerprint density at radius 3 is 2.43 bits per heavy atom. The average molecular weight is 751 g/mol. The van der Waals surface area contributed by atoms with Gasteiger partial charge < -0.3 is 14.6 Å². The molecule has 0 saturated heterocycles. The molecule has 246 valence electrons. The molecule has 1 aliphatic rings. The van der Waals surface area contributed by atoms with Crippen LogP contribution in [-0.4, -0.2) is 35.7 Å². The van der Waals surface area contributed by atoms with E-state index < -0.39 is 29.3 Å². The van der Waals surface area contributed by atoms with E-state index in [9.17, 15) is 18.0 Å². The molecule has 47 heavy (non-hydrogen) atoms. The monoisotopic (exact) mass is 749 g/mol. The maximum atomic E-state index is 14.3. The number of aliphatic hydroxyl groups is 1. The molecule has 0 aromatic heterocycles. The summed E-state index contributed by atoms with van der Waals surface area (Å²) in [6.07, 6.45) is -4.97. The van der Waals surface area contributed by atoms with Crippen molar-refractivity contribution in [2.24, 2.45) is 4.99 Å². The van der Waals surface area contributed by atoms with E-state index >= 15 is 0 Å². The van der Waals surface area contributed by atoms with Gasteiger partial charge in [-0.05, 0) is 65.7 Å². The molecule has 4 aromatic carbocycles. The topological polar surface area (TPSA) is 92.2 Å². The minimum Gasteiger partial charge on any atom is -0.494 e. The third-order valence-corrected chi connectivity index (χ3v) is 8.50. The first kappa shape index (κ1) is 34.7. The van der Waals surface area contributed by atoms with E-state index in [1.807, 2.05) is 24.3 Å². The van der Waals surface area contributed by atoms with Crippen LogP contribution in [0.25, 0.3) is 0 Å². The van der Waals surface area contributed by atoms with Gasteiger partial charge in [0.25, 0.3) is 5.91 Å². The Bertz CT molecular complexity index is 1740. The van der Waals surface area contributed by atoms with Crippen LogP contribution in [0.5, 0.6) is 5.75 Å². The molecule has 3 N–H and O–H groups in total. The number of nitrogens with one attached hydrogen (secondary N) is 2. The number of hydrogen-bond donors (Lipinski definition) is 3. The fourth-order valence-electron chi connectivity index (χ4n) is 5.08. The summed E-state index contributed by atoms with van der Waals surface area (Å²) in [4.78, 5) is 19.3. The van der Waals surface area contributed by atoms with E-state index in [0.717, 1.165) is 22.2 Å². The Hall–Kier alpha value is -3.61. The molecule has 4 aromatic rings. The molecule has 0 radical (unpaired) electrons. The lowest BCUT2D eigenvalue weighted by Gasteiger charge is -2.31. The SMILES string of the molecule is O=C(NNCc1cccc(C(F)(F)F)c1)[C@@]1(Cc2ccc(Br)cc2)N=C(c2ccc(OCCCO)cc2)O[C@H]1c1ccc(Cl)cc1Cl. The number of rotatable bonds is 12. The summed E-state index contributed by atoms with van der Waals surface area (Å²) in [5.41, 5.74) is 5.12. The number of aliphatic hydroxyl groups excluding tert-OH is 1. The smallest absolute Gasteiger partial charge is 0.416 e. The minimum absolute atomic E-state index is 0.00862. The lowest BCUT2D eigenvalue weighted by molar-refractivity contribution is -0.137. The van der Waals surface area contributed by atoms with E-state index in [1.165, 1.54) is 12.1 Å². The van der Waals surface area contributed by atoms with Gasteiger partial charge in [0, 0.05) is 51.6 Å². The van der Waals surface area contributed by atoms with E-state index in [2.05, 4.69) is 26.8 Å². The second-order valence-electron chi connectivity index (χ2n) is 10.8. The Kier molecular flexibility index (Phi) is 11.1. The van der Waals surface area contributed by atoms with Crippen molar-refractivity contribution in [1.29, 1.82) is 0 Å². The highest BCUT2D eigenvalue weighted by molar-refractivity contribution is 9.10. The molecule has 7 nitrogen and oxygen atoms in total. The molecule has 0 spiro atoms. The zero-order valence-corrected chi connectivity index (χ0v) is 27.8. The number of hydrogen-bond acceptors (Lipinski definition) is 6. The summed E-state index contributed by atoms with van der Waals surface area (Å²) < 4.78 is 52.8. The molecule has 1 amide bonds. The number of nitrogens with zero attached hydrogens (tertiary/aromatic N) is 1. The molecule has 0 unspecified atom stereocenters. The number of aliphatic imine (C=N–C) groups is 1. The molecule has 1 heterocycles. The zero-order valence-electron chi connectivity index (χ0n) is 24.7. The highest BCUT2D eigenvalue weighted by Gasteiger charge is 2.54. The molecular formula is C34H29BrCl2F3N3O4. The molecular weight excluding hydrogens is 722 g/mol. The number of ether oxygens (including phenoxy) is 2. The summed E-state index contributed by atoms with van der Waals surface area (Å²) in [5, 5.41) is 9.69. The standard InChI is InChI=1S/C34H29BrCl2F3N3O4/c35-25-9-5-21(6-10-25)19-33(32(45)43-41-20-22-3-1-4-24(17-22)34(38,39)40)30(28-14-11-26(36)18-29(28)37)47-31(42-33)23-7-12-27(13-8-23)46-16-2-15-44/h1,3-14,17-18,30,41,44H,2,15-16,19-20H2,(H,43,45)/t30-,33-/m0/s1. The van der Waals surface area contributed by atoms with Crippen LogP contribution in [0.4, 0.5) is 13.2 Å². The molecule has 0 aliphatic carbocycles. The van der Waals surface area contributed by atoms with Crippen LogP contribution in [0.2, 0.25) is 10.0 Å². The van der Waals surface area contributed by atoms with Crippen molar-refractivity contribution < 1.29 is 32.5 Å². The second kappa shape index (κ2) is 15.1. The van der Waals surface area contributed by atoms with Crippen molar-refractivity contribution in [3.05, 3.63) is 133 Å². The molecule has 0 fully saturated rings. The zero-order chi connectivity index (χ0) is 33.6. The van der Waals surface area contributed by atoms with Crippen LogP contribution in [0.1, 0.15) is 40.3 Å². The molecule has 1 aliphatic heterocycles. The lowest BCUT2D eigenvalue weighted by atomic mass is 9.82. The van der Waals surface area contributed by atoms with E-state index in [-0.39, 0.29) is 30.5 Å². The molecule has 5 rings (SSSR count). The number of alkyl halides is 3. The minimum atomic E-state index is -4.50. The highest BCUT2D eigenvalue weighted by atomic mass is 79.9. The third-order valence-electron chi connectivity index (χ3n) is 7.41. The molecule has 2 atom stereocenters. The summed E-state index contributed by atoms with van der Waals surface area (Å²) in [6, 6.07) is 24.0. The quantitative estimate of drug-likeness (QED) is 0.101. The van der Waals surface area contributed by atoms with Crippen LogP contribution < -0.4 is 15.6 Å². The van der Waals surface area contributed by atoms with Crippen molar-refractivity contribution in [3.63, 3.8) is 0 Å². The van der Waals surface area contributed by atoms with E-state index in [0.29, 0.717) is 40.5 Å². The van der Waals surface area contributed by atoms with Crippen molar-refractivity contribution >= 4 is 50.9 Å². The summed E-state index contributed by atoms with van der Waals surface area (Å²) in [6.45, 7) is 0.259. The van der Waals surface area contributed by atoms with Gasteiger partial charge in [0.2, 0.25) is 5.90 Å². The van der Waals surface area contributed by atoms with Crippen molar-refractivity contribution in [2.45, 2.75) is 37.2 Å². The van der Waals surface area contributed by atoms with Gasteiger partial charge in [-0.25, -0.2) is 10.4 Å². The molecule has 0 saturated carbocycles. The lowest BCUT2D eigenvalue weighted by Crippen LogP contribution is -2.53. The van der Waals surface area contributed by atoms with Gasteiger partial charge >= 0.3 is 6.18 Å². The Morgan fingerprint density at radius 1 is 1.00 bits per heavy atom. The highest BCUT2D eigenvalue weighted by Crippen LogP contribution is 2.45. The fraction of sp³-hybridized carbons (Fsp3) is 0.235. The van der Waals surface area contributed by atoms with Gasteiger partial charge in [-0.3, -0.25) is 10.2 Å². The predicted molar refractivity (Wildman–Crippen MR) is 177 cm³/mol. The fourth-order valence-corrected chi connectivity index (χ4v) is 5.85. The van der Waals surface area contributed by atoms with Gasteiger partial charge in [0.05, 0.1) is 12.2 Å². The number of carbonyl (C=O) groups excluding carboxylic acids is 1. The van der Waals surface area contributed by atoms with Gasteiger partial charge in [-0.2, -0.15) is 13.2 Å². The largest absolute Gasteiger partial charge is 0.494 e. The van der Waals surface area contributed by atoms with E-state index in [1.54, 1.807) is 42.5 Å². The van der Waals surface area contributed by atoms with Crippen LogP contribution in [-0.2, 0) is 28.7 Å². The predicted octanol–water partition coefficient (Wildman–Crippen LogP) is 7.86. The number of halogens is 6. The summed E-state index contributed by atoms with van der Waals surface area (Å²) in [5.74, 6) is 0.159. The Labute approximate surface area is 287 Å². The first-order valence-electron chi connectivity index (χ1n) is 14.5. The maximum Gasteiger partial charge on any atom is 0.416 e. The number of carbonyl (C=O) groups is 1. The van der Waals surface area contributed by atoms with Crippen molar-refractivity contribution in [1.82, 2.24) is 10.9 Å². The van der Waals surface area contributed by atoms with Crippen LogP contribution in [0.15, 0.2) is 100 Å². The summed E-state index contributed by atoms with van der Waals surface area (Å²) >= 11 is 16.3. The van der Waals surface area contributed by atoms with Crippen molar-refractivity contribution in [3.8, 4) is 5.75 Å². The third kappa shape index (κ3) is 8.46. The first-order valence-corrected chi connectivity index (χ1v) is 16.0. The number of amides is 1. The second-order valence-corrected chi connectivity index (χ2v) is 12.5. The number of benzene rings is 4. The summed E-state index contributed by atoms with van der Waals surface area (Å²) in [7, 11) is 0. The first-order chi connectivity index (χ1) is 22.5. The average Bonchev–Trinajstić information content (AvgIpc) is 3.42. The van der Waals surface area contributed by atoms with Crippen LogP contribution in [0, 0.1) is 0 Å². The normalized spacial score (nSPS) is 17.6. The van der Waals surface area contributed by atoms with Crippen molar-refractivity contribution in [2.75, 3.05) is 13.2 Å². The Morgan fingerprint density at radius 2 is 1.74 bits per heavy atom. The van der Waals surface area contributed by atoms with E-state index in [4.69, 9.17) is 42.8 Å². The van der Waals surface area contributed by atoms with Crippen LogP contribution >= 0.6 is 39.1 Å². The maximum absolute atomic E-state index is 14.3. The van der Waals surface area contributed by atoms with Crippen LogP contribution in [0.3, 0.4) is 0 Å². The molecule has 0 bridgehead atoms. The van der Waals surface area contributed by atoms with Gasteiger partial charge in [0.15, 0.2) is 11.6 Å². The Balaban J connectivity index is 1.52. The number of hydrazine groups is 1. The van der Waals surface area contributed by atoms with Gasteiger partial charge in [-0.15, -0.1) is 0 Å². The molecule has 13 heteroatoms. The van der Waals surface area contributed by atoms with Gasteiger partial charge in [-0.1, -0.05) is 75.5 Å².